The molecule has 0 aliphatic heterocycles. The van der Waals surface area contributed by atoms with Crippen molar-refractivity contribution in [2.45, 2.75) is 19.3 Å². The number of para-hydroxylation sites is 1. The van der Waals surface area contributed by atoms with Gasteiger partial charge in [0.2, 0.25) is 0 Å². The maximum absolute atomic E-state index is 5.12. The van der Waals surface area contributed by atoms with Crippen LogP contribution in [0.2, 0.25) is 0 Å². The predicted molar refractivity (Wildman–Crippen MR) is 50.1 cm³/mol. The summed E-state index contributed by atoms with van der Waals surface area (Å²) in [6.45, 7) is 0. The molecule has 0 radical (unpaired) electrons. The Kier molecular flexibility index (Phi) is 2.12. The van der Waals surface area contributed by atoms with Gasteiger partial charge in [0, 0.05) is 5.39 Å². The molecule has 0 unspecified atom stereocenters. The second kappa shape index (κ2) is 3.44. The van der Waals surface area contributed by atoms with E-state index in [4.69, 9.17) is 4.42 Å². The summed E-state index contributed by atoms with van der Waals surface area (Å²) in [7, 11) is 0. The zero-order chi connectivity index (χ0) is 8.23. The standard InChI is InChI=1S/C8H6O.C3H6/c1-2-4-8-7(3-1)5-6-9-8;1-2-3-1/h1-6H;1-3H2. The van der Waals surface area contributed by atoms with Crippen LogP contribution in [0, 0.1) is 0 Å². The molecular weight excluding hydrogens is 148 g/mol. The SMILES string of the molecule is C1CC1.c1ccc2occc2c1. The smallest absolute Gasteiger partial charge is 0.133 e. The predicted octanol–water partition coefficient (Wildman–Crippen LogP) is 3.60. The van der Waals surface area contributed by atoms with E-state index < -0.39 is 0 Å². The van der Waals surface area contributed by atoms with E-state index in [9.17, 15) is 0 Å². The quantitative estimate of drug-likeness (QED) is 0.573. The number of benzene rings is 1. The third-order valence-corrected chi connectivity index (χ3v) is 1.72. The summed E-state index contributed by atoms with van der Waals surface area (Å²) in [5.74, 6) is 0. The van der Waals surface area contributed by atoms with E-state index in [2.05, 4.69) is 0 Å². The summed E-state index contributed by atoms with van der Waals surface area (Å²) in [4.78, 5) is 0. The summed E-state index contributed by atoms with van der Waals surface area (Å²) in [5.41, 5.74) is 0.956. The van der Waals surface area contributed by atoms with Crippen molar-refractivity contribution in [2.75, 3.05) is 0 Å². The monoisotopic (exact) mass is 160 g/mol. The highest BCUT2D eigenvalue weighted by Crippen LogP contribution is 2.15. The van der Waals surface area contributed by atoms with Crippen LogP contribution in [0.25, 0.3) is 11.0 Å². The number of fused-ring (bicyclic) bond motifs is 1. The molecule has 2 aromatic rings. The molecule has 1 saturated carbocycles. The van der Waals surface area contributed by atoms with E-state index in [1.165, 1.54) is 19.3 Å². The molecule has 0 N–H and O–H groups in total. The Morgan fingerprint density at radius 2 is 1.67 bits per heavy atom. The van der Waals surface area contributed by atoms with Gasteiger partial charge in [0.05, 0.1) is 6.26 Å². The van der Waals surface area contributed by atoms with Crippen molar-refractivity contribution >= 4 is 11.0 Å². The number of rotatable bonds is 0. The van der Waals surface area contributed by atoms with Crippen LogP contribution in [0.1, 0.15) is 19.3 Å². The largest absolute Gasteiger partial charge is 0.464 e. The van der Waals surface area contributed by atoms with Crippen LogP contribution in [0.15, 0.2) is 41.0 Å². The van der Waals surface area contributed by atoms with E-state index in [1.807, 2.05) is 30.3 Å². The van der Waals surface area contributed by atoms with E-state index in [1.54, 1.807) is 6.26 Å². The highest BCUT2D eigenvalue weighted by molar-refractivity contribution is 5.76. The van der Waals surface area contributed by atoms with E-state index >= 15 is 0 Å². The molecule has 0 atom stereocenters. The average Bonchev–Trinajstić information content (AvgIpc) is 2.91. The van der Waals surface area contributed by atoms with Crippen LogP contribution in [-0.4, -0.2) is 0 Å². The average molecular weight is 160 g/mol. The third-order valence-electron chi connectivity index (χ3n) is 1.72. The van der Waals surface area contributed by atoms with Gasteiger partial charge < -0.3 is 4.42 Å². The molecular formula is C11H12O. The molecule has 0 saturated heterocycles. The van der Waals surface area contributed by atoms with Crippen molar-refractivity contribution < 1.29 is 4.42 Å². The van der Waals surface area contributed by atoms with Crippen molar-refractivity contribution in [3.05, 3.63) is 36.6 Å². The lowest BCUT2D eigenvalue weighted by molar-refractivity contribution is 0.616. The minimum absolute atomic E-state index is 0.956. The Morgan fingerprint density at radius 3 is 2.33 bits per heavy atom. The Labute approximate surface area is 72.0 Å². The van der Waals surface area contributed by atoms with Gasteiger partial charge in [-0.25, -0.2) is 0 Å². The van der Waals surface area contributed by atoms with Gasteiger partial charge in [-0.2, -0.15) is 0 Å². The lowest BCUT2D eigenvalue weighted by Crippen LogP contribution is -1.57. The molecule has 3 rings (SSSR count). The van der Waals surface area contributed by atoms with E-state index in [-0.39, 0.29) is 0 Å². The fourth-order valence-corrected chi connectivity index (χ4v) is 0.906. The van der Waals surface area contributed by atoms with E-state index in [0.29, 0.717) is 0 Å². The van der Waals surface area contributed by atoms with Crippen molar-refractivity contribution in [3.63, 3.8) is 0 Å². The molecule has 1 aromatic heterocycles. The zero-order valence-corrected chi connectivity index (χ0v) is 6.99. The molecule has 0 spiro atoms. The first-order valence-corrected chi connectivity index (χ1v) is 4.39. The second-order valence-electron chi connectivity index (χ2n) is 3.02. The van der Waals surface area contributed by atoms with Gasteiger partial charge in [-0.15, -0.1) is 0 Å². The van der Waals surface area contributed by atoms with Crippen LogP contribution in [0.5, 0.6) is 0 Å². The second-order valence-corrected chi connectivity index (χ2v) is 3.02. The number of furan rings is 1. The van der Waals surface area contributed by atoms with Crippen molar-refractivity contribution in [1.82, 2.24) is 0 Å². The number of hydrogen-bond acceptors (Lipinski definition) is 1. The zero-order valence-electron chi connectivity index (χ0n) is 6.99. The first kappa shape index (κ1) is 7.41. The van der Waals surface area contributed by atoms with Gasteiger partial charge in [-0.05, 0) is 12.1 Å². The molecule has 0 amide bonds. The molecule has 1 nitrogen and oxygen atoms in total. The van der Waals surface area contributed by atoms with Crippen LogP contribution in [0.4, 0.5) is 0 Å². The van der Waals surface area contributed by atoms with Crippen molar-refractivity contribution in [2.24, 2.45) is 0 Å². The number of hydrogen-bond donors (Lipinski definition) is 0. The normalized spacial score (nSPS) is 13.7. The Hall–Kier alpha value is -1.24. The molecule has 1 aliphatic rings. The summed E-state index contributed by atoms with van der Waals surface area (Å²) in [5, 5.41) is 1.16. The third kappa shape index (κ3) is 1.88. The van der Waals surface area contributed by atoms with Gasteiger partial charge in [-0.1, -0.05) is 37.5 Å². The molecule has 1 aliphatic carbocycles. The van der Waals surface area contributed by atoms with Crippen LogP contribution >= 0.6 is 0 Å². The van der Waals surface area contributed by atoms with Gasteiger partial charge in [0.15, 0.2) is 0 Å². The highest BCUT2D eigenvalue weighted by Gasteiger charge is 1.95. The minimum Gasteiger partial charge on any atom is -0.464 e. The van der Waals surface area contributed by atoms with Gasteiger partial charge in [0.25, 0.3) is 0 Å². The molecule has 1 heteroatoms. The lowest BCUT2D eigenvalue weighted by Gasteiger charge is -1.81. The van der Waals surface area contributed by atoms with Crippen molar-refractivity contribution in [1.29, 1.82) is 0 Å². The Morgan fingerprint density at radius 1 is 0.917 bits per heavy atom. The molecule has 12 heavy (non-hydrogen) atoms. The fourth-order valence-electron chi connectivity index (χ4n) is 0.906. The van der Waals surface area contributed by atoms with Gasteiger partial charge >= 0.3 is 0 Å². The maximum Gasteiger partial charge on any atom is 0.133 e. The van der Waals surface area contributed by atoms with Crippen molar-refractivity contribution in [3.8, 4) is 0 Å². The van der Waals surface area contributed by atoms with Crippen LogP contribution in [-0.2, 0) is 0 Å². The summed E-state index contributed by atoms with van der Waals surface area (Å²) >= 11 is 0. The maximum atomic E-state index is 5.12. The summed E-state index contributed by atoms with van der Waals surface area (Å²) < 4.78 is 5.12. The van der Waals surface area contributed by atoms with Gasteiger partial charge in [0.1, 0.15) is 5.58 Å². The summed E-state index contributed by atoms with van der Waals surface area (Å²) in [6.07, 6.45) is 6.20. The Bertz CT molecular complexity index is 314. The molecule has 1 aromatic carbocycles. The molecule has 0 bridgehead atoms. The Balaban J connectivity index is 0.000000159. The lowest BCUT2D eigenvalue weighted by atomic mass is 10.3. The molecule has 1 fully saturated rings. The van der Waals surface area contributed by atoms with E-state index in [0.717, 1.165) is 11.0 Å². The van der Waals surface area contributed by atoms with Crippen LogP contribution < -0.4 is 0 Å². The molecule has 62 valence electrons. The van der Waals surface area contributed by atoms with Crippen LogP contribution in [0.3, 0.4) is 0 Å². The molecule has 1 heterocycles. The first-order chi connectivity index (χ1) is 5.97. The summed E-state index contributed by atoms with van der Waals surface area (Å²) in [6, 6.07) is 9.90. The van der Waals surface area contributed by atoms with Gasteiger partial charge in [-0.3, -0.25) is 0 Å². The topological polar surface area (TPSA) is 13.1 Å². The first-order valence-electron chi connectivity index (χ1n) is 4.39. The highest BCUT2D eigenvalue weighted by atomic mass is 16.3. The minimum atomic E-state index is 0.956. The fraction of sp³-hybridized carbons (Fsp3) is 0.273.